The number of rotatable bonds is 9. The van der Waals surface area contributed by atoms with Gasteiger partial charge < -0.3 is 14.2 Å². The largest absolute Gasteiger partial charge is 0.494 e. The molecule has 1 fully saturated rings. The Balaban J connectivity index is 1.68. The Morgan fingerprint density at radius 1 is 1.16 bits per heavy atom. The lowest BCUT2D eigenvalue weighted by Crippen LogP contribution is -2.18. The summed E-state index contributed by atoms with van der Waals surface area (Å²) in [5.41, 5.74) is 0. The zero-order chi connectivity index (χ0) is 13.5. The summed E-state index contributed by atoms with van der Waals surface area (Å²) in [6.45, 7) is 5.87. The molecular formula is C16H24O3. The van der Waals surface area contributed by atoms with E-state index in [9.17, 15) is 0 Å². The predicted octanol–water partition coefficient (Wildman–Crippen LogP) is 3.81. The van der Waals surface area contributed by atoms with Crippen molar-refractivity contribution in [3.63, 3.8) is 0 Å². The van der Waals surface area contributed by atoms with Crippen LogP contribution >= 0.6 is 0 Å². The lowest BCUT2D eigenvalue weighted by atomic mass is 10.2. The number of benzene rings is 1. The van der Waals surface area contributed by atoms with E-state index in [4.69, 9.17) is 14.2 Å². The second-order valence-electron chi connectivity index (χ2n) is 5.08. The van der Waals surface area contributed by atoms with Crippen molar-refractivity contribution >= 4 is 0 Å². The normalized spacial score (nSPS) is 18.9. The molecule has 19 heavy (non-hydrogen) atoms. The molecular weight excluding hydrogens is 240 g/mol. The van der Waals surface area contributed by atoms with Gasteiger partial charge in [-0.1, -0.05) is 26.2 Å². The molecule has 0 saturated carbocycles. The Hall–Kier alpha value is -1.22. The van der Waals surface area contributed by atoms with E-state index < -0.39 is 0 Å². The Labute approximate surface area is 115 Å². The van der Waals surface area contributed by atoms with Crippen LogP contribution in [0.4, 0.5) is 0 Å². The van der Waals surface area contributed by atoms with Crippen molar-refractivity contribution < 1.29 is 14.2 Å². The van der Waals surface area contributed by atoms with Gasteiger partial charge in [0, 0.05) is 0 Å². The number of unbranched alkanes of at least 4 members (excludes halogenated alkanes) is 3. The summed E-state index contributed by atoms with van der Waals surface area (Å²) >= 11 is 0. The average Bonchev–Trinajstić information content (AvgIpc) is 3.25. The molecule has 2 rings (SSSR count). The van der Waals surface area contributed by atoms with Crippen LogP contribution < -0.4 is 9.47 Å². The third kappa shape index (κ3) is 5.11. The molecule has 0 aliphatic carbocycles. The Morgan fingerprint density at radius 3 is 2.47 bits per heavy atom. The molecule has 1 aliphatic heterocycles. The smallest absolute Gasteiger partial charge is 0.124 e. The van der Waals surface area contributed by atoms with E-state index in [1.165, 1.54) is 19.3 Å². The maximum atomic E-state index is 5.77. The van der Waals surface area contributed by atoms with Crippen LogP contribution in [0.15, 0.2) is 24.3 Å². The minimum Gasteiger partial charge on any atom is -0.494 e. The fourth-order valence-corrected chi connectivity index (χ4v) is 1.95. The molecule has 2 atom stereocenters. The Kier molecular flexibility index (Phi) is 5.52. The molecule has 0 bridgehead atoms. The van der Waals surface area contributed by atoms with Crippen molar-refractivity contribution in [3.05, 3.63) is 24.3 Å². The first-order chi connectivity index (χ1) is 9.29. The molecule has 106 valence electrons. The lowest BCUT2D eigenvalue weighted by molar-refractivity contribution is 0.176. The average molecular weight is 264 g/mol. The second kappa shape index (κ2) is 7.39. The van der Waals surface area contributed by atoms with Gasteiger partial charge in [-0.2, -0.15) is 0 Å². The van der Waals surface area contributed by atoms with Crippen LogP contribution in [0.1, 0.15) is 39.5 Å². The van der Waals surface area contributed by atoms with Crippen LogP contribution in [0.25, 0.3) is 0 Å². The van der Waals surface area contributed by atoms with Crippen LogP contribution in [0.2, 0.25) is 0 Å². The monoisotopic (exact) mass is 264 g/mol. The van der Waals surface area contributed by atoms with E-state index in [0.717, 1.165) is 31.1 Å². The van der Waals surface area contributed by atoms with Gasteiger partial charge in [-0.05, 0) is 37.6 Å². The first kappa shape index (κ1) is 14.2. The molecule has 3 nitrogen and oxygen atoms in total. The molecule has 3 heteroatoms. The second-order valence-corrected chi connectivity index (χ2v) is 5.08. The molecule has 0 aromatic heterocycles. The molecule has 0 N–H and O–H groups in total. The molecule has 1 saturated heterocycles. The minimum absolute atomic E-state index is 0.126. The number of hydrogen-bond acceptors (Lipinski definition) is 3. The van der Waals surface area contributed by atoms with Crippen molar-refractivity contribution in [2.75, 3.05) is 13.2 Å². The Morgan fingerprint density at radius 2 is 1.84 bits per heavy atom. The van der Waals surface area contributed by atoms with Crippen LogP contribution in [0.3, 0.4) is 0 Å². The van der Waals surface area contributed by atoms with E-state index in [0.29, 0.717) is 0 Å². The molecule has 0 spiro atoms. The summed E-state index contributed by atoms with van der Waals surface area (Å²) < 4.78 is 16.7. The van der Waals surface area contributed by atoms with Gasteiger partial charge in [-0.3, -0.25) is 0 Å². The maximum absolute atomic E-state index is 5.77. The van der Waals surface area contributed by atoms with Gasteiger partial charge >= 0.3 is 0 Å². The summed E-state index contributed by atoms with van der Waals surface area (Å²) in [4.78, 5) is 0. The number of epoxide rings is 1. The van der Waals surface area contributed by atoms with Crippen LogP contribution in [0, 0.1) is 0 Å². The number of hydrogen-bond donors (Lipinski definition) is 0. The highest BCUT2D eigenvalue weighted by molar-refractivity contribution is 5.31. The fourth-order valence-electron chi connectivity index (χ4n) is 1.95. The van der Waals surface area contributed by atoms with E-state index in [1.807, 2.05) is 31.2 Å². The minimum atomic E-state index is 0.126. The van der Waals surface area contributed by atoms with Crippen molar-refractivity contribution in [1.82, 2.24) is 0 Å². The van der Waals surface area contributed by atoms with Crippen molar-refractivity contribution in [2.45, 2.75) is 51.7 Å². The molecule has 0 amide bonds. The summed E-state index contributed by atoms with van der Waals surface area (Å²) in [6, 6.07) is 7.85. The zero-order valence-corrected chi connectivity index (χ0v) is 11.9. The molecule has 1 aromatic carbocycles. The van der Waals surface area contributed by atoms with Crippen LogP contribution in [-0.4, -0.2) is 25.4 Å². The first-order valence-corrected chi connectivity index (χ1v) is 7.30. The zero-order valence-electron chi connectivity index (χ0n) is 11.9. The third-order valence-corrected chi connectivity index (χ3v) is 3.30. The van der Waals surface area contributed by atoms with Crippen molar-refractivity contribution in [1.29, 1.82) is 0 Å². The maximum Gasteiger partial charge on any atom is 0.124 e. The summed E-state index contributed by atoms with van der Waals surface area (Å²) in [5.74, 6) is 1.79. The standard InChI is InChI=1S/C16H24O3/c1-3-4-5-6-11-17-14-7-9-15(10-8-14)19-13(2)16-12-18-16/h7-10,13,16H,3-6,11-12H2,1-2H3. The SMILES string of the molecule is CCCCCCOc1ccc(OC(C)C2CO2)cc1. The molecule has 1 heterocycles. The highest BCUT2D eigenvalue weighted by atomic mass is 16.6. The summed E-state index contributed by atoms with van der Waals surface area (Å²) in [5, 5.41) is 0. The van der Waals surface area contributed by atoms with E-state index in [1.54, 1.807) is 0 Å². The van der Waals surface area contributed by atoms with Gasteiger partial charge in [0.05, 0.1) is 13.2 Å². The van der Waals surface area contributed by atoms with Gasteiger partial charge in [0.25, 0.3) is 0 Å². The van der Waals surface area contributed by atoms with Crippen LogP contribution in [-0.2, 0) is 4.74 Å². The molecule has 2 unspecified atom stereocenters. The van der Waals surface area contributed by atoms with Gasteiger partial charge in [0.15, 0.2) is 0 Å². The molecule has 1 aliphatic rings. The highest BCUT2D eigenvalue weighted by Gasteiger charge is 2.30. The fraction of sp³-hybridized carbons (Fsp3) is 0.625. The van der Waals surface area contributed by atoms with E-state index in [2.05, 4.69) is 6.92 Å². The summed E-state index contributed by atoms with van der Waals surface area (Å²) in [6.07, 6.45) is 5.32. The quantitative estimate of drug-likeness (QED) is 0.502. The van der Waals surface area contributed by atoms with E-state index >= 15 is 0 Å². The predicted molar refractivity (Wildman–Crippen MR) is 75.9 cm³/mol. The van der Waals surface area contributed by atoms with Gasteiger partial charge in [-0.25, -0.2) is 0 Å². The third-order valence-electron chi connectivity index (χ3n) is 3.30. The van der Waals surface area contributed by atoms with Gasteiger partial charge in [-0.15, -0.1) is 0 Å². The van der Waals surface area contributed by atoms with Gasteiger partial charge in [0.2, 0.25) is 0 Å². The van der Waals surface area contributed by atoms with Crippen molar-refractivity contribution in [3.8, 4) is 11.5 Å². The summed E-state index contributed by atoms with van der Waals surface area (Å²) in [7, 11) is 0. The molecule has 0 radical (unpaired) electrons. The van der Waals surface area contributed by atoms with Crippen LogP contribution in [0.5, 0.6) is 11.5 Å². The lowest BCUT2D eigenvalue weighted by Gasteiger charge is -2.12. The Bertz CT molecular complexity index is 357. The topological polar surface area (TPSA) is 31.0 Å². The van der Waals surface area contributed by atoms with Crippen molar-refractivity contribution in [2.24, 2.45) is 0 Å². The highest BCUT2D eigenvalue weighted by Crippen LogP contribution is 2.23. The van der Waals surface area contributed by atoms with E-state index in [-0.39, 0.29) is 12.2 Å². The molecule has 1 aromatic rings. The van der Waals surface area contributed by atoms with Gasteiger partial charge in [0.1, 0.15) is 23.7 Å². The number of ether oxygens (including phenoxy) is 3. The first-order valence-electron chi connectivity index (χ1n) is 7.30.